The normalized spacial score (nSPS) is 16.9. The van der Waals surface area contributed by atoms with Gasteiger partial charge in [0.1, 0.15) is 11.6 Å². The van der Waals surface area contributed by atoms with E-state index in [4.69, 9.17) is 0 Å². The molecule has 0 radical (unpaired) electrons. The topological polar surface area (TPSA) is 92.7 Å². The fourth-order valence-corrected chi connectivity index (χ4v) is 3.07. The van der Waals surface area contributed by atoms with Crippen molar-refractivity contribution in [1.29, 1.82) is 0 Å². The highest BCUT2D eigenvalue weighted by atomic mass is 16.1. The zero-order chi connectivity index (χ0) is 16.4. The number of amides is 1. The molecule has 122 valence electrons. The predicted octanol–water partition coefficient (Wildman–Crippen LogP) is 0.647. The van der Waals surface area contributed by atoms with Gasteiger partial charge in [-0.1, -0.05) is 0 Å². The van der Waals surface area contributed by atoms with Gasteiger partial charge in [-0.05, 0) is 26.7 Å². The lowest BCUT2D eigenvalue weighted by Gasteiger charge is -2.24. The summed E-state index contributed by atoms with van der Waals surface area (Å²) in [5.41, 5.74) is 1.13. The van der Waals surface area contributed by atoms with Crippen molar-refractivity contribution in [1.82, 2.24) is 24.8 Å². The maximum Gasteiger partial charge on any atom is 0.254 e. The van der Waals surface area contributed by atoms with E-state index >= 15 is 0 Å². The highest BCUT2D eigenvalue weighted by Crippen LogP contribution is 2.13. The average Bonchev–Trinajstić information content (AvgIpc) is 2.93. The van der Waals surface area contributed by atoms with Gasteiger partial charge in [-0.15, -0.1) is 0 Å². The van der Waals surface area contributed by atoms with Gasteiger partial charge in [0, 0.05) is 49.1 Å². The van der Waals surface area contributed by atoms with Crippen LogP contribution in [0.3, 0.4) is 0 Å². The summed E-state index contributed by atoms with van der Waals surface area (Å²) >= 11 is 0. The number of rotatable bonds is 4. The smallest absolute Gasteiger partial charge is 0.254 e. The van der Waals surface area contributed by atoms with E-state index < -0.39 is 0 Å². The van der Waals surface area contributed by atoms with Gasteiger partial charge in [0.15, 0.2) is 0 Å². The first-order valence-corrected chi connectivity index (χ1v) is 7.88. The molecule has 7 nitrogen and oxygen atoms in total. The Bertz CT molecular complexity index is 777. The van der Waals surface area contributed by atoms with Crippen LogP contribution in [0.4, 0.5) is 0 Å². The van der Waals surface area contributed by atoms with E-state index in [1.165, 1.54) is 0 Å². The number of hydrogen-bond acceptors (Lipinski definition) is 4. The molecule has 2 aromatic heterocycles. The highest BCUT2D eigenvalue weighted by Gasteiger charge is 2.20. The van der Waals surface area contributed by atoms with E-state index in [0.29, 0.717) is 29.9 Å². The van der Waals surface area contributed by atoms with Gasteiger partial charge in [0.05, 0.1) is 0 Å². The molecule has 2 aromatic rings. The number of imidazole rings is 1. The number of H-pyrrole nitrogens is 1. The standard InChI is InChI=1S/C16H21N5O2/c1-10-13(16(23)19-11(2)18-10)4-6-15(22)20-12-3-5-14-17-7-8-21(14)9-12/h7-8,12H,3-6,9H2,1-2H3,(H,20,22)(H,18,19,23)/t12-/m0/s1. The second-order valence-electron chi connectivity index (χ2n) is 6.01. The Morgan fingerprint density at radius 3 is 3.09 bits per heavy atom. The fraction of sp³-hybridized carbons (Fsp3) is 0.500. The average molecular weight is 315 g/mol. The van der Waals surface area contributed by atoms with Crippen LogP contribution in [0.2, 0.25) is 0 Å². The number of carbonyl (C=O) groups excluding carboxylic acids is 1. The molecule has 1 atom stereocenters. The van der Waals surface area contributed by atoms with Gasteiger partial charge in [-0.2, -0.15) is 0 Å². The number of aromatic amines is 1. The van der Waals surface area contributed by atoms with Crippen molar-refractivity contribution in [2.45, 2.75) is 52.1 Å². The monoisotopic (exact) mass is 315 g/mol. The number of aryl methyl sites for hydroxylation is 3. The van der Waals surface area contributed by atoms with Crippen molar-refractivity contribution in [2.24, 2.45) is 0 Å². The number of fused-ring (bicyclic) bond motifs is 1. The van der Waals surface area contributed by atoms with Crippen LogP contribution in [0.1, 0.15) is 35.7 Å². The molecule has 0 spiro atoms. The summed E-state index contributed by atoms with van der Waals surface area (Å²) in [6, 6.07) is 0.125. The zero-order valence-electron chi connectivity index (χ0n) is 13.4. The van der Waals surface area contributed by atoms with E-state index in [9.17, 15) is 9.59 Å². The van der Waals surface area contributed by atoms with Crippen LogP contribution in [0, 0.1) is 13.8 Å². The first-order chi connectivity index (χ1) is 11.0. The Balaban J connectivity index is 1.56. The molecule has 1 amide bonds. The van der Waals surface area contributed by atoms with Gasteiger partial charge in [0.2, 0.25) is 5.91 Å². The maximum absolute atomic E-state index is 12.2. The van der Waals surface area contributed by atoms with Gasteiger partial charge in [-0.25, -0.2) is 9.97 Å². The molecule has 0 aromatic carbocycles. The zero-order valence-corrected chi connectivity index (χ0v) is 13.4. The first kappa shape index (κ1) is 15.5. The van der Waals surface area contributed by atoms with E-state index in [0.717, 1.165) is 25.2 Å². The summed E-state index contributed by atoms with van der Waals surface area (Å²) in [6.45, 7) is 4.31. The Morgan fingerprint density at radius 2 is 2.30 bits per heavy atom. The second-order valence-corrected chi connectivity index (χ2v) is 6.01. The van der Waals surface area contributed by atoms with Crippen LogP contribution >= 0.6 is 0 Å². The van der Waals surface area contributed by atoms with Crippen molar-refractivity contribution in [3.05, 3.63) is 45.7 Å². The lowest BCUT2D eigenvalue weighted by Crippen LogP contribution is -2.41. The summed E-state index contributed by atoms with van der Waals surface area (Å²) in [5, 5.41) is 3.05. The van der Waals surface area contributed by atoms with Crippen LogP contribution < -0.4 is 10.9 Å². The molecule has 0 saturated heterocycles. The molecule has 1 aliphatic rings. The SMILES string of the molecule is Cc1nc(C)c(CCC(=O)N[C@H]2CCc3nccn3C2)c(=O)[nH]1. The summed E-state index contributed by atoms with van der Waals surface area (Å²) in [4.78, 5) is 35.3. The fourth-order valence-electron chi connectivity index (χ4n) is 3.07. The largest absolute Gasteiger partial charge is 0.352 e. The number of aromatic nitrogens is 4. The third-order valence-electron chi connectivity index (χ3n) is 4.24. The lowest BCUT2D eigenvalue weighted by atomic mass is 10.1. The van der Waals surface area contributed by atoms with Gasteiger partial charge >= 0.3 is 0 Å². The Morgan fingerprint density at radius 1 is 1.48 bits per heavy atom. The third kappa shape index (κ3) is 3.49. The number of carbonyl (C=O) groups is 1. The lowest BCUT2D eigenvalue weighted by molar-refractivity contribution is -0.122. The van der Waals surface area contributed by atoms with Crippen molar-refractivity contribution in [3.63, 3.8) is 0 Å². The first-order valence-electron chi connectivity index (χ1n) is 7.88. The minimum Gasteiger partial charge on any atom is -0.352 e. The molecule has 23 heavy (non-hydrogen) atoms. The molecule has 1 aliphatic heterocycles. The third-order valence-corrected chi connectivity index (χ3v) is 4.24. The molecule has 0 fully saturated rings. The van der Waals surface area contributed by atoms with Crippen molar-refractivity contribution in [3.8, 4) is 0 Å². The van der Waals surface area contributed by atoms with E-state index in [1.54, 1.807) is 20.0 Å². The molecule has 7 heteroatoms. The van der Waals surface area contributed by atoms with Crippen LogP contribution in [-0.4, -0.2) is 31.5 Å². The van der Waals surface area contributed by atoms with Crippen LogP contribution in [-0.2, 0) is 24.2 Å². The summed E-state index contributed by atoms with van der Waals surface area (Å²) in [7, 11) is 0. The van der Waals surface area contributed by atoms with Crippen LogP contribution in [0.5, 0.6) is 0 Å². The Kier molecular flexibility index (Phi) is 4.27. The predicted molar refractivity (Wildman–Crippen MR) is 85.1 cm³/mol. The van der Waals surface area contributed by atoms with Gasteiger partial charge < -0.3 is 14.9 Å². The second kappa shape index (κ2) is 6.36. The molecule has 3 heterocycles. The van der Waals surface area contributed by atoms with Gasteiger partial charge in [0.25, 0.3) is 5.56 Å². The maximum atomic E-state index is 12.2. The number of hydrogen-bond donors (Lipinski definition) is 2. The van der Waals surface area contributed by atoms with Crippen LogP contribution in [0.25, 0.3) is 0 Å². The molecule has 2 N–H and O–H groups in total. The minimum atomic E-state index is -0.150. The molecular formula is C16H21N5O2. The number of nitrogens with zero attached hydrogens (tertiary/aromatic N) is 3. The van der Waals surface area contributed by atoms with Crippen molar-refractivity contribution < 1.29 is 4.79 Å². The van der Waals surface area contributed by atoms with Gasteiger partial charge in [-0.3, -0.25) is 9.59 Å². The van der Waals surface area contributed by atoms with Crippen molar-refractivity contribution in [2.75, 3.05) is 0 Å². The van der Waals surface area contributed by atoms with E-state index in [2.05, 4.69) is 24.8 Å². The molecule has 0 unspecified atom stereocenters. The quantitative estimate of drug-likeness (QED) is 0.866. The molecular weight excluding hydrogens is 294 g/mol. The summed E-state index contributed by atoms with van der Waals surface area (Å²) in [6.07, 6.45) is 6.20. The van der Waals surface area contributed by atoms with E-state index in [1.807, 2.05) is 6.20 Å². The summed E-state index contributed by atoms with van der Waals surface area (Å²) < 4.78 is 2.08. The van der Waals surface area contributed by atoms with E-state index in [-0.39, 0.29) is 17.5 Å². The minimum absolute atomic E-state index is 0.0297. The Hall–Kier alpha value is -2.44. The van der Waals surface area contributed by atoms with Crippen LogP contribution in [0.15, 0.2) is 17.2 Å². The molecule has 0 saturated carbocycles. The molecule has 0 aliphatic carbocycles. The van der Waals surface area contributed by atoms with Crippen molar-refractivity contribution >= 4 is 5.91 Å². The highest BCUT2D eigenvalue weighted by molar-refractivity contribution is 5.76. The Labute approximate surface area is 134 Å². The molecule has 0 bridgehead atoms. The summed E-state index contributed by atoms with van der Waals surface area (Å²) in [5.74, 6) is 1.64. The molecule has 3 rings (SSSR count). The number of nitrogens with one attached hydrogen (secondary N) is 2.